The Morgan fingerprint density at radius 3 is 2.28 bits per heavy atom. The molecule has 4 nitrogen and oxygen atoms in total. The van der Waals surface area contributed by atoms with Crippen LogP contribution in [-0.4, -0.2) is 28.8 Å². The van der Waals surface area contributed by atoms with Crippen LogP contribution in [0.15, 0.2) is 54.6 Å². The molecule has 0 spiro atoms. The van der Waals surface area contributed by atoms with Crippen molar-refractivity contribution in [1.29, 1.82) is 0 Å². The van der Waals surface area contributed by atoms with Crippen LogP contribution in [0.25, 0.3) is 0 Å². The number of hydrogen-bond donors (Lipinski definition) is 1. The molecular formula is C24H31ClN2O2. The molecule has 0 aliphatic carbocycles. The molecule has 2 atom stereocenters. The third-order valence-corrected chi connectivity index (χ3v) is 5.52. The van der Waals surface area contributed by atoms with Crippen molar-refractivity contribution >= 4 is 23.4 Å². The highest BCUT2D eigenvalue weighted by Crippen LogP contribution is 2.19. The van der Waals surface area contributed by atoms with Gasteiger partial charge in [-0.1, -0.05) is 74.0 Å². The molecule has 5 heteroatoms. The van der Waals surface area contributed by atoms with E-state index in [0.29, 0.717) is 30.8 Å². The summed E-state index contributed by atoms with van der Waals surface area (Å²) in [5.41, 5.74) is 1.95. The van der Waals surface area contributed by atoms with Crippen molar-refractivity contribution in [2.45, 2.75) is 65.1 Å². The molecule has 156 valence electrons. The van der Waals surface area contributed by atoms with Crippen LogP contribution in [0.1, 0.15) is 51.2 Å². The number of halogens is 1. The number of hydrogen-bond acceptors (Lipinski definition) is 2. The lowest BCUT2D eigenvalue weighted by molar-refractivity contribution is -0.141. The minimum absolute atomic E-state index is 0.0417. The molecule has 0 saturated heterocycles. The molecule has 29 heavy (non-hydrogen) atoms. The zero-order valence-corrected chi connectivity index (χ0v) is 18.3. The van der Waals surface area contributed by atoms with E-state index >= 15 is 0 Å². The Balaban J connectivity index is 2.19. The summed E-state index contributed by atoms with van der Waals surface area (Å²) in [7, 11) is 0. The first-order valence-electron chi connectivity index (χ1n) is 10.3. The Hall–Kier alpha value is -2.33. The first kappa shape index (κ1) is 23.0. The number of carbonyl (C=O) groups is 2. The summed E-state index contributed by atoms with van der Waals surface area (Å²) in [6.07, 6.45) is 2.27. The molecule has 0 aliphatic rings. The zero-order chi connectivity index (χ0) is 21.2. The second-order valence-corrected chi connectivity index (χ2v) is 7.75. The number of amides is 2. The topological polar surface area (TPSA) is 49.4 Å². The van der Waals surface area contributed by atoms with Crippen molar-refractivity contribution in [2.24, 2.45) is 0 Å². The van der Waals surface area contributed by atoms with Crippen LogP contribution in [0.2, 0.25) is 5.02 Å². The van der Waals surface area contributed by atoms with Gasteiger partial charge in [0, 0.05) is 24.0 Å². The Bertz CT molecular complexity index is 794. The molecular weight excluding hydrogens is 384 g/mol. The number of benzene rings is 2. The molecule has 0 aliphatic heterocycles. The second kappa shape index (κ2) is 11.6. The lowest BCUT2D eigenvalue weighted by Crippen LogP contribution is -2.50. The molecule has 0 heterocycles. The normalized spacial score (nSPS) is 12.8. The summed E-state index contributed by atoms with van der Waals surface area (Å²) in [5, 5.41) is 3.69. The summed E-state index contributed by atoms with van der Waals surface area (Å²) in [6, 6.07) is 16.9. The number of nitrogens with zero attached hydrogens (tertiary/aromatic N) is 1. The first-order valence-corrected chi connectivity index (χ1v) is 10.7. The van der Waals surface area contributed by atoms with E-state index < -0.39 is 6.04 Å². The Morgan fingerprint density at radius 1 is 1.00 bits per heavy atom. The van der Waals surface area contributed by atoms with Gasteiger partial charge in [-0.05, 0) is 43.4 Å². The quantitative estimate of drug-likeness (QED) is 0.595. The SMILES string of the molecule is CCC(C)NC(=O)C(CC)N(Cc1ccccc1)C(=O)CCc1ccccc1Cl. The summed E-state index contributed by atoms with van der Waals surface area (Å²) in [4.78, 5) is 27.8. The third kappa shape index (κ3) is 6.90. The van der Waals surface area contributed by atoms with Crippen molar-refractivity contribution < 1.29 is 9.59 Å². The smallest absolute Gasteiger partial charge is 0.243 e. The maximum atomic E-state index is 13.2. The summed E-state index contributed by atoms with van der Waals surface area (Å²) < 4.78 is 0. The van der Waals surface area contributed by atoms with Gasteiger partial charge in [-0.15, -0.1) is 0 Å². The lowest BCUT2D eigenvalue weighted by atomic mass is 10.1. The molecule has 0 bridgehead atoms. The molecule has 2 aromatic rings. The van der Waals surface area contributed by atoms with E-state index in [1.54, 1.807) is 4.90 Å². The minimum atomic E-state index is -0.497. The molecule has 1 N–H and O–H groups in total. The number of nitrogens with one attached hydrogen (secondary N) is 1. The summed E-state index contributed by atoms with van der Waals surface area (Å²) in [5.74, 6) is -0.135. The van der Waals surface area contributed by atoms with E-state index in [0.717, 1.165) is 17.5 Å². The van der Waals surface area contributed by atoms with Crippen LogP contribution in [-0.2, 0) is 22.6 Å². The highest BCUT2D eigenvalue weighted by atomic mass is 35.5. The third-order valence-electron chi connectivity index (χ3n) is 5.15. The fraction of sp³-hybridized carbons (Fsp3) is 0.417. The van der Waals surface area contributed by atoms with E-state index in [2.05, 4.69) is 5.32 Å². The lowest BCUT2D eigenvalue weighted by Gasteiger charge is -2.31. The Kier molecular flexibility index (Phi) is 9.20. The zero-order valence-electron chi connectivity index (χ0n) is 17.5. The predicted molar refractivity (Wildman–Crippen MR) is 119 cm³/mol. The Morgan fingerprint density at radius 2 is 1.66 bits per heavy atom. The predicted octanol–water partition coefficient (Wildman–Crippen LogP) is 4.99. The molecule has 2 amide bonds. The monoisotopic (exact) mass is 414 g/mol. The molecule has 2 aromatic carbocycles. The minimum Gasteiger partial charge on any atom is -0.352 e. The maximum absolute atomic E-state index is 13.2. The van der Waals surface area contributed by atoms with Crippen LogP contribution in [0.3, 0.4) is 0 Å². The summed E-state index contributed by atoms with van der Waals surface area (Å²) in [6.45, 7) is 6.36. The van der Waals surface area contributed by atoms with Crippen molar-refractivity contribution in [1.82, 2.24) is 10.2 Å². The van der Waals surface area contributed by atoms with Gasteiger partial charge in [0.15, 0.2) is 0 Å². The van der Waals surface area contributed by atoms with E-state index in [1.807, 2.05) is 75.4 Å². The van der Waals surface area contributed by atoms with Gasteiger partial charge >= 0.3 is 0 Å². The molecule has 0 fully saturated rings. The van der Waals surface area contributed by atoms with Gasteiger partial charge < -0.3 is 10.2 Å². The first-order chi connectivity index (χ1) is 14.0. The van der Waals surface area contributed by atoms with E-state index in [-0.39, 0.29) is 17.9 Å². The molecule has 2 rings (SSSR count). The van der Waals surface area contributed by atoms with Gasteiger partial charge in [-0.25, -0.2) is 0 Å². The van der Waals surface area contributed by atoms with Crippen LogP contribution in [0, 0.1) is 0 Å². The van der Waals surface area contributed by atoms with Crippen molar-refractivity contribution in [3.63, 3.8) is 0 Å². The summed E-state index contributed by atoms with van der Waals surface area (Å²) >= 11 is 6.24. The highest BCUT2D eigenvalue weighted by molar-refractivity contribution is 6.31. The number of rotatable bonds is 10. The van der Waals surface area contributed by atoms with Crippen molar-refractivity contribution in [3.05, 3.63) is 70.7 Å². The van der Waals surface area contributed by atoms with Gasteiger partial charge in [0.05, 0.1) is 0 Å². The fourth-order valence-corrected chi connectivity index (χ4v) is 3.46. The average molecular weight is 415 g/mol. The van der Waals surface area contributed by atoms with E-state index in [9.17, 15) is 9.59 Å². The van der Waals surface area contributed by atoms with Gasteiger partial charge in [-0.3, -0.25) is 9.59 Å². The van der Waals surface area contributed by atoms with Crippen LogP contribution in [0.5, 0.6) is 0 Å². The van der Waals surface area contributed by atoms with Crippen molar-refractivity contribution in [3.8, 4) is 0 Å². The van der Waals surface area contributed by atoms with E-state index in [4.69, 9.17) is 11.6 Å². The van der Waals surface area contributed by atoms with Crippen LogP contribution in [0.4, 0.5) is 0 Å². The largest absolute Gasteiger partial charge is 0.352 e. The second-order valence-electron chi connectivity index (χ2n) is 7.34. The molecule has 0 aromatic heterocycles. The van der Waals surface area contributed by atoms with Gasteiger partial charge in [0.2, 0.25) is 11.8 Å². The van der Waals surface area contributed by atoms with Gasteiger partial charge in [0.25, 0.3) is 0 Å². The molecule has 0 radical (unpaired) electrons. The van der Waals surface area contributed by atoms with Gasteiger partial charge in [-0.2, -0.15) is 0 Å². The standard InChI is InChI=1S/C24H31ClN2O2/c1-4-18(3)26-24(29)22(5-2)27(17-19-11-7-6-8-12-19)23(28)16-15-20-13-9-10-14-21(20)25/h6-14,18,22H,4-5,15-17H2,1-3H3,(H,26,29). The number of carbonyl (C=O) groups excluding carboxylic acids is 2. The number of aryl methyl sites for hydroxylation is 1. The van der Waals surface area contributed by atoms with Gasteiger partial charge in [0.1, 0.15) is 6.04 Å². The maximum Gasteiger partial charge on any atom is 0.243 e. The fourth-order valence-electron chi connectivity index (χ4n) is 3.23. The van der Waals surface area contributed by atoms with E-state index in [1.165, 1.54) is 0 Å². The molecule has 0 saturated carbocycles. The highest BCUT2D eigenvalue weighted by Gasteiger charge is 2.29. The molecule has 2 unspecified atom stereocenters. The van der Waals surface area contributed by atoms with Crippen LogP contribution >= 0.6 is 11.6 Å². The van der Waals surface area contributed by atoms with Crippen LogP contribution < -0.4 is 5.32 Å². The Labute approximate surface area is 179 Å². The van der Waals surface area contributed by atoms with Crippen molar-refractivity contribution in [2.75, 3.05) is 0 Å². The average Bonchev–Trinajstić information content (AvgIpc) is 2.73.